The fourth-order valence-electron chi connectivity index (χ4n) is 2.68. The van der Waals surface area contributed by atoms with Crippen molar-refractivity contribution in [2.45, 2.75) is 39.8 Å². The normalized spacial score (nSPS) is 11.5. The molecule has 1 aromatic carbocycles. The van der Waals surface area contributed by atoms with E-state index in [9.17, 15) is 9.59 Å². The van der Waals surface area contributed by atoms with Crippen molar-refractivity contribution in [1.29, 1.82) is 0 Å². The van der Waals surface area contributed by atoms with Gasteiger partial charge in [-0.3, -0.25) is 14.3 Å². The maximum atomic E-state index is 12.2. The molecule has 0 aliphatic carbocycles. The molecule has 0 saturated heterocycles. The van der Waals surface area contributed by atoms with Crippen LogP contribution < -0.4 is 0 Å². The average Bonchev–Trinajstić information content (AvgIpc) is 2.92. The first-order valence-electron chi connectivity index (χ1n) is 8.23. The number of nitrogens with zero attached hydrogens (tertiary/aromatic N) is 4. The third kappa shape index (κ3) is 3.77. The molecule has 0 fully saturated rings. The highest BCUT2D eigenvalue weighted by Gasteiger charge is 2.20. The Morgan fingerprint density at radius 2 is 1.81 bits per heavy atom. The van der Waals surface area contributed by atoms with Crippen molar-refractivity contribution in [3.05, 3.63) is 42.6 Å². The first-order chi connectivity index (χ1) is 12.2. The number of hydrogen-bond donors (Lipinski definition) is 0. The highest BCUT2D eigenvalue weighted by molar-refractivity contribution is 6.05. The summed E-state index contributed by atoms with van der Waals surface area (Å²) in [4.78, 5) is 32.2. The van der Waals surface area contributed by atoms with E-state index in [0.717, 1.165) is 11.1 Å². The van der Waals surface area contributed by atoms with Crippen LogP contribution in [0.3, 0.4) is 0 Å². The van der Waals surface area contributed by atoms with Crippen molar-refractivity contribution in [1.82, 2.24) is 19.7 Å². The largest absolute Gasteiger partial charge is 0.459 e. The van der Waals surface area contributed by atoms with Gasteiger partial charge >= 0.3 is 5.97 Å². The molecule has 0 aliphatic heterocycles. The molecule has 0 unspecified atom stereocenters. The zero-order chi connectivity index (χ0) is 18.9. The van der Waals surface area contributed by atoms with Crippen LogP contribution >= 0.6 is 0 Å². The van der Waals surface area contributed by atoms with Crippen molar-refractivity contribution in [2.24, 2.45) is 0 Å². The number of ketones is 1. The molecular formula is C19H20N4O3. The predicted octanol–water partition coefficient (Wildman–Crippen LogP) is 3.04. The van der Waals surface area contributed by atoms with Gasteiger partial charge in [-0.1, -0.05) is 6.07 Å². The summed E-state index contributed by atoms with van der Waals surface area (Å²) >= 11 is 0. The summed E-state index contributed by atoms with van der Waals surface area (Å²) in [6, 6.07) is 5.58. The van der Waals surface area contributed by atoms with Gasteiger partial charge in [-0.2, -0.15) is 5.10 Å². The van der Waals surface area contributed by atoms with Gasteiger partial charge in [0.1, 0.15) is 24.2 Å². The SMILES string of the molecule is CC(=O)c1nn(CC(=O)OC(C)(C)C)c2cc(-c3cncnc3)ccc12. The molecule has 7 heteroatoms. The van der Waals surface area contributed by atoms with Crippen LogP contribution in [0.2, 0.25) is 0 Å². The number of aromatic nitrogens is 4. The van der Waals surface area contributed by atoms with Gasteiger partial charge in [-0.25, -0.2) is 9.97 Å². The Labute approximate surface area is 151 Å². The van der Waals surface area contributed by atoms with E-state index in [2.05, 4.69) is 15.1 Å². The first-order valence-corrected chi connectivity index (χ1v) is 8.23. The van der Waals surface area contributed by atoms with E-state index in [1.165, 1.54) is 17.9 Å². The first kappa shape index (κ1) is 17.7. The molecule has 0 amide bonds. The van der Waals surface area contributed by atoms with E-state index in [4.69, 9.17) is 4.74 Å². The number of carbonyl (C=O) groups is 2. The summed E-state index contributed by atoms with van der Waals surface area (Å²) in [5.74, 6) is -0.570. The van der Waals surface area contributed by atoms with Crippen molar-refractivity contribution < 1.29 is 14.3 Å². The Balaban J connectivity index is 2.06. The van der Waals surface area contributed by atoms with Gasteiger partial charge in [0.05, 0.1) is 5.52 Å². The maximum Gasteiger partial charge on any atom is 0.328 e. The van der Waals surface area contributed by atoms with Crippen LogP contribution in [-0.4, -0.2) is 37.1 Å². The van der Waals surface area contributed by atoms with E-state index in [-0.39, 0.29) is 12.3 Å². The zero-order valence-electron chi connectivity index (χ0n) is 15.2. The summed E-state index contributed by atoms with van der Waals surface area (Å²) < 4.78 is 6.88. The maximum absolute atomic E-state index is 12.2. The molecule has 0 saturated carbocycles. The molecule has 3 aromatic rings. The fourth-order valence-corrected chi connectivity index (χ4v) is 2.68. The summed E-state index contributed by atoms with van der Waals surface area (Å²) in [7, 11) is 0. The summed E-state index contributed by atoms with van der Waals surface area (Å²) in [5.41, 5.74) is 2.14. The predicted molar refractivity (Wildman–Crippen MR) is 96.6 cm³/mol. The van der Waals surface area contributed by atoms with Crippen molar-refractivity contribution in [3.8, 4) is 11.1 Å². The van der Waals surface area contributed by atoms with E-state index in [1.54, 1.807) is 33.2 Å². The molecule has 134 valence electrons. The minimum absolute atomic E-state index is 0.0736. The molecule has 3 rings (SSSR count). The Bertz CT molecular complexity index is 972. The van der Waals surface area contributed by atoms with E-state index in [0.29, 0.717) is 16.6 Å². The third-order valence-electron chi connectivity index (χ3n) is 3.68. The Morgan fingerprint density at radius 3 is 2.42 bits per heavy atom. The number of Topliss-reactive ketones (excluding diaryl/α,β-unsaturated/α-hetero) is 1. The lowest BCUT2D eigenvalue weighted by Crippen LogP contribution is -2.26. The fraction of sp³-hybridized carbons (Fsp3) is 0.316. The topological polar surface area (TPSA) is 87.0 Å². The van der Waals surface area contributed by atoms with Gasteiger partial charge in [0.2, 0.25) is 0 Å². The third-order valence-corrected chi connectivity index (χ3v) is 3.68. The average molecular weight is 352 g/mol. The molecule has 0 aliphatic rings. The minimum Gasteiger partial charge on any atom is -0.459 e. The Morgan fingerprint density at radius 1 is 1.12 bits per heavy atom. The van der Waals surface area contributed by atoms with E-state index in [1.807, 2.05) is 18.2 Å². The highest BCUT2D eigenvalue weighted by atomic mass is 16.6. The lowest BCUT2D eigenvalue weighted by atomic mass is 10.1. The van der Waals surface area contributed by atoms with Crippen LogP contribution in [0.25, 0.3) is 22.0 Å². The summed E-state index contributed by atoms with van der Waals surface area (Å²) in [5, 5.41) is 5.02. The Hall–Kier alpha value is -3.09. The molecule has 2 heterocycles. The number of rotatable bonds is 4. The van der Waals surface area contributed by atoms with E-state index >= 15 is 0 Å². The quantitative estimate of drug-likeness (QED) is 0.530. The van der Waals surface area contributed by atoms with Gasteiger partial charge < -0.3 is 4.74 Å². The number of hydrogen-bond acceptors (Lipinski definition) is 6. The number of carbonyl (C=O) groups excluding carboxylic acids is 2. The van der Waals surface area contributed by atoms with Crippen LogP contribution in [-0.2, 0) is 16.1 Å². The number of benzene rings is 1. The second-order valence-electron chi connectivity index (χ2n) is 7.01. The van der Waals surface area contributed by atoms with Gasteiger partial charge in [0.25, 0.3) is 0 Å². The molecule has 7 nitrogen and oxygen atoms in total. The molecule has 26 heavy (non-hydrogen) atoms. The molecule has 0 bridgehead atoms. The van der Waals surface area contributed by atoms with Gasteiger partial charge in [0, 0.05) is 30.3 Å². The van der Waals surface area contributed by atoms with Gasteiger partial charge in [-0.05, 0) is 38.5 Å². The monoisotopic (exact) mass is 352 g/mol. The van der Waals surface area contributed by atoms with E-state index < -0.39 is 11.6 Å². The molecule has 0 atom stereocenters. The van der Waals surface area contributed by atoms with Crippen LogP contribution in [0, 0.1) is 0 Å². The second kappa shape index (κ2) is 6.67. The summed E-state index contributed by atoms with van der Waals surface area (Å²) in [6.45, 7) is 6.80. The molecular weight excluding hydrogens is 332 g/mol. The van der Waals surface area contributed by atoms with Crippen LogP contribution in [0.5, 0.6) is 0 Å². The Kier molecular flexibility index (Phi) is 4.54. The molecule has 0 N–H and O–H groups in total. The van der Waals surface area contributed by atoms with Crippen LogP contribution in [0.1, 0.15) is 38.2 Å². The van der Waals surface area contributed by atoms with Crippen molar-refractivity contribution >= 4 is 22.7 Å². The van der Waals surface area contributed by atoms with Crippen molar-refractivity contribution in [2.75, 3.05) is 0 Å². The lowest BCUT2D eigenvalue weighted by Gasteiger charge is -2.19. The van der Waals surface area contributed by atoms with Crippen molar-refractivity contribution in [3.63, 3.8) is 0 Å². The van der Waals surface area contributed by atoms with Gasteiger partial charge in [-0.15, -0.1) is 0 Å². The number of ether oxygens (including phenoxy) is 1. The van der Waals surface area contributed by atoms with Gasteiger partial charge in [0.15, 0.2) is 5.78 Å². The molecule has 0 spiro atoms. The molecule has 0 radical (unpaired) electrons. The molecule has 2 aromatic heterocycles. The lowest BCUT2D eigenvalue weighted by molar-refractivity contribution is -0.155. The van der Waals surface area contributed by atoms with Crippen LogP contribution in [0.15, 0.2) is 36.9 Å². The van der Waals surface area contributed by atoms with Crippen LogP contribution in [0.4, 0.5) is 0 Å². The smallest absolute Gasteiger partial charge is 0.328 e. The second-order valence-corrected chi connectivity index (χ2v) is 7.01. The zero-order valence-corrected chi connectivity index (χ0v) is 15.2. The minimum atomic E-state index is -0.587. The number of fused-ring (bicyclic) bond motifs is 1. The summed E-state index contributed by atoms with van der Waals surface area (Å²) in [6.07, 6.45) is 4.87. The highest BCUT2D eigenvalue weighted by Crippen LogP contribution is 2.26. The standard InChI is InChI=1S/C19H20N4O3/c1-12(24)18-15-6-5-13(14-8-20-11-21-9-14)7-16(15)23(22-18)10-17(25)26-19(2,3)4/h5-9,11H,10H2,1-4H3. The number of esters is 1.